The van der Waals surface area contributed by atoms with Crippen LogP contribution in [0, 0.1) is 0 Å². The number of esters is 1. The highest BCUT2D eigenvalue weighted by molar-refractivity contribution is 6.02. The molecular formula is C31H39N3O3. The van der Waals surface area contributed by atoms with Crippen molar-refractivity contribution in [1.82, 2.24) is 9.88 Å². The maximum absolute atomic E-state index is 13.3. The summed E-state index contributed by atoms with van der Waals surface area (Å²) in [5.74, 6) is 1.31. The fraction of sp³-hybridized carbons (Fsp3) is 0.419. The third-order valence-electron chi connectivity index (χ3n) is 6.73. The van der Waals surface area contributed by atoms with E-state index in [2.05, 4.69) is 47.9 Å². The Balaban J connectivity index is 1.54. The van der Waals surface area contributed by atoms with Crippen molar-refractivity contribution >= 4 is 11.8 Å². The van der Waals surface area contributed by atoms with Crippen LogP contribution in [0.4, 0.5) is 5.82 Å². The summed E-state index contributed by atoms with van der Waals surface area (Å²) in [5, 5.41) is 0. The van der Waals surface area contributed by atoms with E-state index in [0.717, 1.165) is 62.5 Å². The minimum atomic E-state index is -0.321. The van der Waals surface area contributed by atoms with Gasteiger partial charge in [0.25, 0.3) is 0 Å². The first kappa shape index (κ1) is 26.7. The summed E-state index contributed by atoms with van der Waals surface area (Å²) in [6, 6.07) is 20.7. The third-order valence-corrected chi connectivity index (χ3v) is 6.73. The number of hydrogen-bond donors (Lipinski definition) is 0. The highest BCUT2D eigenvalue weighted by Crippen LogP contribution is 2.33. The zero-order valence-electron chi connectivity index (χ0n) is 22.5. The lowest BCUT2D eigenvalue weighted by atomic mass is 10.0. The summed E-state index contributed by atoms with van der Waals surface area (Å²) >= 11 is 0. The van der Waals surface area contributed by atoms with E-state index in [1.54, 1.807) is 6.20 Å². The maximum atomic E-state index is 13.3. The topological polar surface area (TPSA) is 54.9 Å². The predicted molar refractivity (Wildman–Crippen MR) is 149 cm³/mol. The molecular weight excluding hydrogens is 462 g/mol. The number of aromatic nitrogens is 1. The van der Waals surface area contributed by atoms with Gasteiger partial charge in [-0.05, 0) is 62.6 Å². The number of pyridine rings is 1. The minimum absolute atomic E-state index is 0.204. The highest BCUT2D eigenvalue weighted by atomic mass is 16.5. The van der Waals surface area contributed by atoms with Gasteiger partial charge in [0.05, 0.1) is 12.7 Å². The van der Waals surface area contributed by atoms with Crippen LogP contribution in [0.2, 0.25) is 0 Å². The molecule has 0 N–H and O–H groups in total. The molecule has 0 radical (unpaired) electrons. The van der Waals surface area contributed by atoms with Crippen molar-refractivity contribution in [3.8, 4) is 16.9 Å². The molecule has 2 aromatic carbocycles. The Labute approximate surface area is 221 Å². The molecule has 37 heavy (non-hydrogen) atoms. The molecule has 4 rings (SSSR count). The van der Waals surface area contributed by atoms with Crippen LogP contribution in [-0.4, -0.2) is 54.2 Å². The Bertz CT molecular complexity index is 1150. The van der Waals surface area contributed by atoms with E-state index in [9.17, 15) is 4.79 Å². The van der Waals surface area contributed by atoms with Gasteiger partial charge in [-0.2, -0.15) is 0 Å². The average molecular weight is 502 g/mol. The largest absolute Gasteiger partial charge is 0.494 e. The van der Waals surface area contributed by atoms with Gasteiger partial charge >= 0.3 is 5.97 Å². The predicted octanol–water partition coefficient (Wildman–Crippen LogP) is 6.20. The second-order valence-electron chi connectivity index (χ2n) is 9.82. The molecule has 1 aromatic heterocycles. The zero-order valence-corrected chi connectivity index (χ0v) is 22.5. The van der Waals surface area contributed by atoms with E-state index in [4.69, 9.17) is 14.5 Å². The van der Waals surface area contributed by atoms with Gasteiger partial charge in [0.15, 0.2) is 0 Å². The first-order valence-corrected chi connectivity index (χ1v) is 13.5. The second kappa shape index (κ2) is 12.7. The smallest absolute Gasteiger partial charge is 0.342 e. The van der Waals surface area contributed by atoms with Crippen molar-refractivity contribution in [2.75, 3.05) is 31.1 Å². The lowest BCUT2D eigenvalue weighted by Gasteiger charge is -2.28. The molecule has 3 aromatic rings. The molecule has 1 aliphatic heterocycles. The SMILES string of the molecule is CCCOc1ccc(CN(CC)[C@@H]2CCN(c3nccc(-c4ccccc4)c3C(=O)OC(C)C)C2)cc1. The van der Waals surface area contributed by atoms with Crippen LogP contribution in [0.1, 0.15) is 56.5 Å². The van der Waals surface area contributed by atoms with E-state index in [0.29, 0.717) is 17.4 Å². The number of carbonyl (C=O) groups excluding carboxylic acids is 1. The summed E-state index contributed by atoms with van der Waals surface area (Å²) in [4.78, 5) is 22.8. The van der Waals surface area contributed by atoms with Crippen molar-refractivity contribution in [1.29, 1.82) is 0 Å². The molecule has 6 nitrogen and oxygen atoms in total. The first-order valence-electron chi connectivity index (χ1n) is 13.5. The molecule has 0 spiro atoms. The summed E-state index contributed by atoms with van der Waals surface area (Å²) < 4.78 is 11.4. The van der Waals surface area contributed by atoms with E-state index >= 15 is 0 Å². The van der Waals surface area contributed by atoms with E-state index < -0.39 is 0 Å². The van der Waals surface area contributed by atoms with Crippen molar-refractivity contribution in [3.05, 3.63) is 78.0 Å². The molecule has 1 aliphatic rings. The number of ether oxygens (including phenoxy) is 2. The van der Waals surface area contributed by atoms with Gasteiger partial charge in [-0.1, -0.05) is 56.3 Å². The zero-order chi connectivity index (χ0) is 26.2. The van der Waals surface area contributed by atoms with Crippen LogP contribution >= 0.6 is 0 Å². The minimum Gasteiger partial charge on any atom is -0.494 e. The van der Waals surface area contributed by atoms with Crippen molar-refractivity contribution in [2.45, 2.75) is 59.2 Å². The van der Waals surface area contributed by atoms with Crippen molar-refractivity contribution in [3.63, 3.8) is 0 Å². The van der Waals surface area contributed by atoms with Gasteiger partial charge in [0, 0.05) is 37.4 Å². The van der Waals surface area contributed by atoms with Crippen LogP contribution in [0.25, 0.3) is 11.1 Å². The monoisotopic (exact) mass is 501 g/mol. The Morgan fingerprint density at radius 2 is 1.84 bits per heavy atom. The first-order chi connectivity index (χ1) is 18.0. The van der Waals surface area contributed by atoms with Crippen LogP contribution in [0.15, 0.2) is 66.9 Å². The molecule has 0 bridgehead atoms. The molecule has 0 amide bonds. The fourth-order valence-electron chi connectivity index (χ4n) is 4.90. The Kier molecular flexibility index (Phi) is 9.18. The number of nitrogens with zero attached hydrogens (tertiary/aromatic N) is 3. The lowest BCUT2D eigenvalue weighted by molar-refractivity contribution is 0.0379. The molecule has 1 atom stereocenters. The van der Waals surface area contributed by atoms with Gasteiger partial charge in [0.2, 0.25) is 0 Å². The van der Waals surface area contributed by atoms with Crippen LogP contribution in [-0.2, 0) is 11.3 Å². The van der Waals surface area contributed by atoms with Crippen molar-refractivity contribution < 1.29 is 14.3 Å². The average Bonchev–Trinajstić information content (AvgIpc) is 3.41. The molecule has 196 valence electrons. The normalized spacial score (nSPS) is 15.4. The number of likely N-dealkylation sites (N-methyl/N-ethyl adjacent to an activating group) is 1. The summed E-state index contributed by atoms with van der Waals surface area (Å²) in [7, 11) is 0. The van der Waals surface area contributed by atoms with Crippen molar-refractivity contribution in [2.24, 2.45) is 0 Å². The van der Waals surface area contributed by atoms with E-state index in [1.807, 2.05) is 50.2 Å². The molecule has 1 saturated heterocycles. The van der Waals surface area contributed by atoms with Crippen LogP contribution in [0.3, 0.4) is 0 Å². The Hall–Kier alpha value is -3.38. The quantitative estimate of drug-likeness (QED) is 0.292. The number of rotatable bonds is 11. The number of benzene rings is 2. The third kappa shape index (κ3) is 6.69. The van der Waals surface area contributed by atoms with Crippen LogP contribution < -0.4 is 9.64 Å². The van der Waals surface area contributed by atoms with E-state index in [1.165, 1.54) is 5.56 Å². The van der Waals surface area contributed by atoms with Gasteiger partial charge in [-0.3, -0.25) is 4.90 Å². The number of carbonyl (C=O) groups is 1. The van der Waals surface area contributed by atoms with Crippen LogP contribution in [0.5, 0.6) is 5.75 Å². The molecule has 0 saturated carbocycles. The lowest BCUT2D eigenvalue weighted by Crippen LogP contribution is -2.37. The standard InChI is InChI=1S/C31H39N3O3/c1-5-20-36-27-14-12-24(13-15-27)21-33(6-2)26-17-19-34(22-26)30-29(31(35)37-23(3)4)28(16-18-32-30)25-10-8-7-9-11-25/h7-16,18,23,26H,5-6,17,19-22H2,1-4H3/t26-/m1/s1. The second-order valence-corrected chi connectivity index (χ2v) is 9.82. The molecule has 0 aliphatic carbocycles. The van der Waals surface area contributed by atoms with Gasteiger partial charge in [-0.25, -0.2) is 9.78 Å². The number of anilines is 1. The molecule has 1 fully saturated rings. The summed E-state index contributed by atoms with van der Waals surface area (Å²) in [6.07, 6.45) is 3.62. The molecule has 6 heteroatoms. The Morgan fingerprint density at radius 1 is 1.08 bits per heavy atom. The summed E-state index contributed by atoms with van der Waals surface area (Å²) in [5.41, 5.74) is 3.67. The number of hydrogen-bond acceptors (Lipinski definition) is 6. The fourth-order valence-corrected chi connectivity index (χ4v) is 4.90. The van der Waals surface area contributed by atoms with Gasteiger partial charge in [-0.15, -0.1) is 0 Å². The highest BCUT2D eigenvalue weighted by Gasteiger charge is 2.32. The van der Waals surface area contributed by atoms with Gasteiger partial charge in [0.1, 0.15) is 17.1 Å². The Morgan fingerprint density at radius 3 is 2.51 bits per heavy atom. The maximum Gasteiger partial charge on any atom is 0.342 e. The van der Waals surface area contributed by atoms with Gasteiger partial charge < -0.3 is 14.4 Å². The molecule has 2 heterocycles. The summed E-state index contributed by atoms with van der Waals surface area (Å²) in [6.45, 7) is 12.3. The molecule has 0 unspecified atom stereocenters. The van der Waals surface area contributed by atoms with E-state index in [-0.39, 0.29) is 12.1 Å².